The highest BCUT2D eigenvalue weighted by atomic mass is 32.2. The molecule has 1 fully saturated rings. The van der Waals surface area contributed by atoms with Crippen molar-refractivity contribution in [2.24, 2.45) is 5.73 Å². The van der Waals surface area contributed by atoms with Crippen LogP contribution in [0.4, 0.5) is 0 Å². The lowest BCUT2D eigenvalue weighted by Gasteiger charge is -2.28. The summed E-state index contributed by atoms with van der Waals surface area (Å²) in [4.78, 5) is 0. The first kappa shape index (κ1) is 11.0. The molecule has 2 unspecified atom stereocenters. The lowest BCUT2D eigenvalue weighted by atomic mass is 9.96. The van der Waals surface area contributed by atoms with Crippen LogP contribution in [0, 0.1) is 6.92 Å². The van der Waals surface area contributed by atoms with Crippen molar-refractivity contribution < 1.29 is 0 Å². The van der Waals surface area contributed by atoms with E-state index >= 15 is 0 Å². The average molecular weight is 221 g/mol. The van der Waals surface area contributed by atoms with Crippen LogP contribution in [0.3, 0.4) is 0 Å². The molecule has 0 amide bonds. The molecule has 2 atom stereocenters. The molecule has 1 saturated heterocycles. The number of rotatable bonds is 2. The van der Waals surface area contributed by atoms with Crippen molar-refractivity contribution >= 4 is 11.8 Å². The molecule has 0 radical (unpaired) electrons. The van der Waals surface area contributed by atoms with Gasteiger partial charge in [0.2, 0.25) is 0 Å². The molecule has 1 aromatic rings. The fraction of sp³-hybridized carbons (Fsp3) is 0.538. The Bertz CT molecular complexity index is 318. The van der Waals surface area contributed by atoms with Crippen molar-refractivity contribution in [1.82, 2.24) is 0 Å². The number of benzene rings is 1. The van der Waals surface area contributed by atoms with E-state index in [4.69, 9.17) is 5.73 Å². The van der Waals surface area contributed by atoms with E-state index in [1.54, 1.807) is 0 Å². The van der Waals surface area contributed by atoms with Crippen molar-refractivity contribution in [1.29, 1.82) is 0 Å². The molecule has 0 aliphatic carbocycles. The molecular weight excluding hydrogens is 202 g/mol. The Morgan fingerprint density at radius 1 is 1.33 bits per heavy atom. The summed E-state index contributed by atoms with van der Waals surface area (Å²) in [5.41, 5.74) is 9.01. The van der Waals surface area contributed by atoms with Crippen LogP contribution in [0.5, 0.6) is 0 Å². The number of nitrogens with two attached hydrogens (primary N) is 1. The van der Waals surface area contributed by atoms with Crippen LogP contribution >= 0.6 is 11.8 Å². The molecule has 0 bridgehead atoms. The van der Waals surface area contributed by atoms with Gasteiger partial charge in [-0.3, -0.25) is 0 Å². The zero-order valence-corrected chi connectivity index (χ0v) is 10.1. The summed E-state index contributed by atoms with van der Waals surface area (Å²) in [7, 11) is 0. The molecule has 1 aliphatic heterocycles. The summed E-state index contributed by atoms with van der Waals surface area (Å²) in [6.07, 6.45) is 3.99. The molecule has 2 rings (SSSR count). The van der Waals surface area contributed by atoms with Gasteiger partial charge in [-0.25, -0.2) is 0 Å². The first-order valence-corrected chi connectivity index (χ1v) is 6.76. The lowest BCUT2D eigenvalue weighted by molar-refractivity contribution is 0.580. The Morgan fingerprint density at radius 2 is 2.13 bits per heavy atom. The van der Waals surface area contributed by atoms with Gasteiger partial charge in [-0.2, -0.15) is 11.8 Å². The SMILES string of the molecule is Cc1ccccc1C(N)C1CCCCS1. The highest BCUT2D eigenvalue weighted by Gasteiger charge is 2.23. The number of hydrogen-bond donors (Lipinski definition) is 1. The normalized spacial score (nSPS) is 23.7. The number of aryl methyl sites for hydroxylation is 1. The van der Waals surface area contributed by atoms with E-state index in [1.807, 2.05) is 11.8 Å². The number of hydrogen-bond acceptors (Lipinski definition) is 2. The van der Waals surface area contributed by atoms with E-state index in [0.29, 0.717) is 5.25 Å². The number of thioether (sulfide) groups is 1. The minimum absolute atomic E-state index is 0.219. The molecule has 82 valence electrons. The molecule has 2 heteroatoms. The zero-order valence-electron chi connectivity index (χ0n) is 9.28. The van der Waals surface area contributed by atoms with Gasteiger partial charge >= 0.3 is 0 Å². The Hall–Kier alpha value is -0.470. The van der Waals surface area contributed by atoms with Crippen molar-refractivity contribution in [2.45, 2.75) is 37.5 Å². The summed E-state index contributed by atoms with van der Waals surface area (Å²) < 4.78 is 0. The third-order valence-electron chi connectivity index (χ3n) is 3.16. The minimum Gasteiger partial charge on any atom is -0.323 e. The van der Waals surface area contributed by atoms with Gasteiger partial charge in [0.05, 0.1) is 0 Å². The Labute approximate surface area is 96.4 Å². The van der Waals surface area contributed by atoms with Gasteiger partial charge in [-0.15, -0.1) is 0 Å². The van der Waals surface area contributed by atoms with Gasteiger partial charge in [0.25, 0.3) is 0 Å². The predicted molar refractivity (Wildman–Crippen MR) is 68.2 cm³/mol. The van der Waals surface area contributed by atoms with E-state index in [0.717, 1.165) is 0 Å². The Kier molecular flexibility index (Phi) is 3.71. The van der Waals surface area contributed by atoms with E-state index < -0.39 is 0 Å². The molecule has 1 aromatic carbocycles. The van der Waals surface area contributed by atoms with Crippen LogP contribution in [-0.4, -0.2) is 11.0 Å². The first-order chi connectivity index (χ1) is 7.29. The van der Waals surface area contributed by atoms with Gasteiger partial charge < -0.3 is 5.73 Å². The summed E-state index contributed by atoms with van der Waals surface area (Å²) in [5, 5.41) is 0.625. The van der Waals surface area contributed by atoms with E-state index in [2.05, 4.69) is 31.2 Å². The molecule has 1 heterocycles. The summed E-state index contributed by atoms with van der Waals surface area (Å²) >= 11 is 2.05. The molecule has 0 saturated carbocycles. The average Bonchev–Trinajstić information content (AvgIpc) is 2.30. The third kappa shape index (κ3) is 2.56. The quantitative estimate of drug-likeness (QED) is 0.829. The van der Waals surface area contributed by atoms with Gasteiger partial charge in [-0.05, 0) is 36.6 Å². The fourth-order valence-electron chi connectivity index (χ4n) is 2.21. The van der Waals surface area contributed by atoms with E-state index in [-0.39, 0.29) is 6.04 Å². The smallest absolute Gasteiger partial charge is 0.0418 e. The summed E-state index contributed by atoms with van der Waals surface area (Å²) in [6, 6.07) is 8.73. The van der Waals surface area contributed by atoms with Crippen LogP contribution in [0.2, 0.25) is 0 Å². The van der Waals surface area contributed by atoms with E-state index in [9.17, 15) is 0 Å². The van der Waals surface area contributed by atoms with Crippen molar-refractivity contribution in [3.63, 3.8) is 0 Å². The molecule has 1 aliphatic rings. The Balaban J connectivity index is 2.12. The molecule has 2 N–H and O–H groups in total. The molecule has 15 heavy (non-hydrogen) atoms. The highest BCUT2D eigenvalue weighted by molar-refractivity contribution is 8.00. The monoisotopic (exact) mass is 221 g/mol. The largest absolute Gasteiger partial charge is 0.323 e. The van der Waals surface area contributed by atoms with E-state index in [1.165, 1.54) is 36.1 Å². The maximum absolute atomic E-state index is 6.35. The van der Waals surface area contributed by atoms with Gasteiger partial charge in [0.15, 0.2) is 0 Å². The fourth-order valence-corrected chi connectivity index (χ4v) is 3.57. The van der Waals surface area contributed by atoms with Crippen LogP contribution in [0.1, 0.15) is 36.4 Å². The Morgan fingerprint density at radius 3 is 2.80 bits per heavy atom. The minimum atomic E-state index is 0.219. The maximum Gasteiger partial charge on any atom is 0.0418 e. The van der Waals surface area contributed by atoms with Crippen molar-refractivity contribution in [3.05, 3.63) is 35.4 Å². The molecule has 0 spiro atoms. The predicted octanol–water partition coefficient (Wildman–Crippen LogP) is 3.28. The highest BCUT2D eigenvalue weighted by Crippen LogP contribution is 2.34. The van der Waals surface area contributed by atoms with Gasteiger partial charge in [-0.1, -0.05) is 30.7 Å². The van der Waals surface area contributed by atoms with Crippen LogP contribution in [-0.2, 0) is 0 Å². The van der Waals surface area contributed by atoms with Crippen molar-refractivity contribution in [2.75, 3.05) is 5.75 Å². The topological polar surface area (TPSA) is 26.0 Å². The van der Waals surface area contributed by atoms with Crippen LogP contribution < -0.4 is 5.73 Å². The molecule has 1 nitrogen and oxygen atoms in total. The second-order valence-corrected chi connectivity index (χ2v) is 5.63. The van der Waals surface area contributed by atoms with Gasteiger partial charge in [0, 0.05) is 11.3 Å². The summed E-state index contributed by atoms with van der Waals surface area (Å²) in [6.45, 7) is 2.16. The maximum atomic E-state index is 6.35. The van der Waals surface area contributed by atoms with Gasteiger partial charge in [0.1, 0.15) is 0 Å². The molecule has 0 aromatic heterocycles. The van der Waals surface area contributed by atoms with Crippen LogP contribution in [0.25, 0.3) is 0 Å². The second-order valence-electron chi connectivity index (χ2n) is 4.29. The summed E-state index contributed by atoms with van der Waals surface area (Å²) in [5.74, 6) is 1.28. The molecular formula is C13H19NS. The second kappa shape index (κ2) is 5.04. The van der Waals surface area contributed by atoms with Crippen molar-refractivity contribution in [3.8, 4) is 0 Å². The third-order valence-corrected chi connectivity index (χ3v) is 4.64. The zero-order chi connectivity index (χ0) is 10.7. The standard InChI is InChI=1S/C13H19NS/c1-10-6-2-3-7-11(10)13(14)12-8-4-5-9-15-12/h2-3,6-7,12-13H,4-5,8-9,14H2,1H3. The van der Waals surface area contributed by atoms with Crippen LogP contribution in [0.15, 0.2) is 24.3 Å². The first-order valence-electron chi connectivity index (χ1n) is 5.72. The lowest BCUT2D eigenvalue weighted by Crippen LogP contribution is -2.26.